The van der Waals surface area contributed by atoms with Crippen LogP contribution in [0.1, 0.15) is 6.92 Å². The maximum atomic E-state index is 9.53. The van der Waals surface area contributed by atoms with Crippen LogP contribution < -0.4 is 0 Å². The molecule has 0 aliphatic carbocycles. The fourth-order valence-electron chi connectivity index (χ4n) is 0. The Hall–Kier alpha value is 2.01. The van der Waals surface area contributed by atoms with Gasteiger partial charge in [0, 0.05) is 0 Å². The second kappa shape index (κ2) is 9.10. The molecule has 0 atom stereocenters. The standard InChI is InChI=1S/C2H3O.K.Li.H3O4P.H/c1-2-3;;;1-5(2,3)4;/h1H3;;;(H3,1,2,3,4);. The summed E-state index contributed by atoms with van der Waals surface area (Å²) in [6, 6.07) is 0. The van der Waals surface area contributed by atoms with Crippen molar-refractivity contribution in [3.8, 4) is 0 Å². The zero-order valence-electron chi connectivity index (χ0n) is 5.11. The fourth-order valence-corrected chi connectivity index (χ4v) is 0. The third kappa shape index (κ3) is 201. The molecular formula is C2H7KLiO5P. The van der Waals surface area contributed by atoms with E-state index in [2.05, 4.69) is 0 Å². The van der Waals surface area contributed by atoms with E-state index >= 15 is 0 Å². The van der Waals surface area contributed by atoms with E-state index in [4.69, 9.17) is 19.2 Å². The van der Waals surface area contributed by atoms with Crippen molar-refractivity contribution in [3.63, 3.8) is 0 Å². The molecular weight excluding hydrogens is 181 g/mol. The Bertz CT molecular complexity index is 119. The van der Waals surface area contributed by atoms with Crippen molar-refractivity contribution in [2.24, 2.45) is 0 Å². The minimum absolute atomic E-state index is 0. The second-order valence-electron chi connectivity index (χ2n) is 1.42. The number of rotatable bonds is 0. The van der Waals surface area contributed by atoms with Crippen LogP contribution in [0.25, 0.3) is 0 Å². The van der Waals surface area contributed by atoms with E-state index in [1.54, 1.807) is 6.92 Å². The van der Waals surface area contributed by atoms with Crippen LogP contribution in [0, 0.1) is 0 Å². The quantitative estimate of drug-likeness (QED) is 0.305. The van der Waals surface area contributed by atoms with Crippen molar-refractivity contribution < 1.29 is 24.0 Å². The van der Waals surface area contributed by atoms with Crippen molar-refractivity contribution in [2.75, 3.05) is 0 Å². The van der Waals surface area contributed by atoms with Gasteiger partial charge in [-0.25, -0.2) is 4.57 Å². The van der Waals surface area contributed by atoms with Crippen LogP contribution in [0.4, 0.5) is 0 Å². The first kappa shape index (κ1) is 17.9. The zero-order chi connectivity index (χ0) is 8.08. The van der Waals surface area contributed by atoms with Gasteiger partial charge in [-0.15, -0.1) is 0 Å². The number of hydrogen-bond acceptors (Lipinski definition) is 2. The van der Waals surface area contributed by atoms with Gasteiger partial charge < -0.3 is 14.7 Å². The van der Waals surface area contributed by atoms with Gasteiger partial charge in [-0.3, -0.25) is 0 Å². The van der Waals surface area contributed by atoms with Gasteiger partial charge in [0.1, 0.15) is 0 Å². The molecule has 0 rings (SSSR count). The van der Waals surface area contributed by atoms with Crippen LogP contribution in [0.5, 0.6) is 0 Å². The first-order valence-corrected chi connectivity index (χ1v) is 5.11. The van der Waals surface area contributed by atoms with Crippen LogP contribution in [0.2, 0.25) is 0 Å². The Balaban J connectivity index is -0.0000000910. The average molecular weight is 188 g/mol. The van der Waals surface area contributed by atoms with Crippen molar-refractivity contribution in [3.05, 3.63) is 0 Å². The molecule has 0 amide bonds. The Morgan fingerprint density at radius 2 is 1.40 bits per heavy atom. The molecule has 10 heavy (non-hydrogen) atoms. The summed E-state index contributed by atoms with van der Waals surface area (Å²) in [5, 5.41) is 0. The minimum atomic E-state index is -4.64. The van der Waals surface area contributed by atoms with Crippen molar-refractivity contribution >= 4 is 75.5 Å². The summed E-state index contributed by atoms with van der Waals surface area (Å²) in [6.45, 7) is 1.61. The fraction of sp³-hybridized carbons (Fsp3) is 0.500. The van der Waals surface area contributed by atoms with Gasteiger partial charge in [0.05, 0.1) is 0 Å². The predicted molar refractivity (Wildman–Crippen MR) is 37.8 cm³/mol. The van der Waals surface area contributed by atoms with E-state index in [-0.39, 0.29) is 18.9 Å². The van der Waals surface area contributed by atoms with Crippen LogP contribution in [0.15, 0.2) is 0 Å². The third-order valence-electron chi connectivity index (χ3n) is 0. The summed E-state index contributed by atoms with van der Waals surface area (Å²) in [5.41, 5.74) is 0. The molecule has 0 aliphatic rings. The van der Waals surface area contributed by atoms with Gasteiger partial charge in [0.2, 0.25) is 0 Å². The molecule has 0 bridgehead atoms. The number of carbonyl (C=O) groups excluding carboxylic acids is 1. The topological polar surface area (TPSA) is 94.8 Å². The van der Waals surface area contributed by atoms with Crippen LogP contribution in [0.3, 0.4) is 0 Å². The molecule has 0 saturated heterocycles. The second-order valence-corrected chi connectivity index (χ2v) is 4.65. The van der Waals surface area contributed by atoms with Gasteiger partial charge in [-0.2, -0.15) is 0 Å². The molecule has 8 heteroatoms. The first-order valence-electron chi connectivity index (χ1n) is 1.99. The average Bonchev–Trinajstić information content (AvgIpc) is 1.19. The Morgan fingerprint density at radius 3 is 1.40 bits per heavy atom. The summed E-state index contributed by atoms with van der Waals surface area (Å²) in [5.74, 6) is 0. The summed E-state index contributed by atoms with van der Waals surface area (Å²) in [6.07, 6.45) is 0. The van der Waals surface area contributed by atoms with E-state index < -0.39 is 7.82 Å². The molecule has 0 aromatic heterocycles. The van der Waals surface area contributed by atoms with E-state index in [0.717, 1.165) is 0 Å². The van der Waals surface area contributed by atoms with Gasteiger partial charge >= 0.3 is 87.2 Å². The molecule has 0 spiro atoms. The van der Waals surface area contributed by atoms with E-state index in [9.17, 15) is 4.79 Å². The number of carbonyl (C=O) groups is 1. The molecule has 0 aliphatic heterocycles. The molecule has 0 heterocycles. The zero-order valence-corrected chi connectivity index (χ0v) is 9.12. The van der Waals surface area contributed by atoms with Gasteiger partial charge in [0.25, 0.3) is 0 Å². The predicted octanol–water partition coefficient (Wildman–Crippen LogP) is -1.88. The molecule has 0 radical (unpaired) electrons. The summed E-state index contributed by atoms with van der Waals surface area (Å²) in [4.78, 5) is 31.1. The Kier molecular flexibility index (Phi) is 16.3. The summed E-state index contributed by atoms with van der Waals surface area (Å²) < 4.78 is 9.24. The van der Waals surface area contributed by atoms with Crippen LogP contribution >= 0.6 is 7.82 Å². The van der Waals surface area contributed by atoms with Gasteiger partial charge in [-0.05, 0) is 0 Å². The Labute approximate surface area is 105 Å². The van der Waals surface area contributed by atoms with Crippen molar-refractivity contribution in [2.45, 2.75) is 6.92 Å². The molecule has 5 nitrogen and oxygen atoms in total. The Morgan fingerprint density at radius 1 is 1.40 bits per heavy atom. The van der Waals surface area contributed by atoms with E-state index in [1.807, 2.05) is 0 Å². The molecule has 0 aromatic carbocycles. The van der Waals surface area contributed by atoms with E-state index in [0.29, 0.717) is 48.8 Å². The maximum absolute atomic E-state index is 9.53. The molecule has 0 unspecified atom stereocenters. The summed E-state index contributed by atoms with van der Waals surface area (Å²) >= 11 is 0.424. The van der Waals surface area contributed by atoms with Crippen LogP contribution in [-0.4, -0.2) is 82.4 Å². The molecule has 52 valence electrons. The summed E-state index contributed by atoms with van der Waals surface area (Å²) in [7, 11) is -4.64. The van der Waals surface area contributed by atoms with Crippen molar-refractivity contribution in [1.82, 2.24) is 0 Å². The number of hydrogen-bond donors (Lipinski definition) is 3. The molecule has 0 aromatic rings. The van der Waals surface area contributed by atoms with Gasteiger partial charge in [0.15, 0.2) is 0 Å². The molecule has 0 saturated carbocycles. The SMILES string of the molecule is C[C](=O)[K].O=P(O)(O)O.[LiH]. The molecule has 3 N–H and O–H groups in total. The van der Waals surface area contributed by atoms with E-state index in [1.165, 1.54) is 0 Å². The normalized spacial score (nSPS) is 8.60. The number of phosphoric acid groups is 1. The first-order chi connectivity index (χ1) is 3.73. The third-order valence-corrected chi connectivity index (χ3v) is 0. The van der Waals surface area contributed by atoms with Crippen molar-refractivity contribution in [1.29, 1.82) is 0 Å². The van der Waals surface area contributed by atoms with Crippen LogP contribution in [-0.2, 0) is 9.36 Å². The monoisotopic (exact) mass is 188 g/mol. The van der Waals surface area contributed by atoms with Gasteiger partial charge in [-0.1, -0.05) is 0 Å². The molecule has 0 fully saturated rings.